The molecule has 2 N–H and O–H groups in total. The van der Waals surface area contributed by atoms with Gasteiger partial charge in [-0.3, -0.25) is 0 Å². The van der Waals surface area contributed by atoms with Gasteiger partial charge in [-0.05, 0) is 36.5 Å². The molecule has 2 atom stereocenters. The molecule has 0 fully saturated rings. The molecular formula is C18H21NO. The maximum Gasteiger partial charge on any atom is 0.0848 e. The monoisotopic (exact) mass is 267 g/mol. The molecule has 0 saturated carbocycles. The fourth-order valence-corrected chi connectivity index (χ4v) is 2.97. The van der Waals surface area contributed by atoms with E-state index in [0.29, 0.717) is 0 Å². The van der Waals surface area contributed by atoms with E-state index in [-0.39, 0.29) is 11.6 Å². The Morgan fingerprint density at radius 2 is 1.80 bits per heavy atom. The van der Waals surface area contributed by atoms with Crippen LogP contribution in [0.25, 0.3) is 0 Å². The summed E-state index contributed by atoms with van der Waals surface area (Å²) in [6.45, 7) is 2.87. The molecule has 0 spiro atoms. The summed E-state index contributed by atoms with van der Waals surface area (Å²) in [5.41, 5.74) is 10.0. The first-order valence-electron chi connectivity index (χ1n) is 7.21. The van der Waals surface area contributed by atoms with Crippen molar-refractivity contribution in [3.8, 4) is 0 Å². The molecule has 2 heteroatoms. The quantitative estimate of drug-likeness (QED) is 0.922. The SMILES string of the molecule is CC(N)(CC1OCCc2ccccc21)c1ccccc1. The van der Waals surface area contributed by atoms with Gasteiger partial charge >= 0.3 is 0 Å². The van der Waals surface area contributed by atoms with Crippen LogP contribution in [0.2, 0.25) is 0 Å². The van der Waals surface area contributed by atoms with Crippen LogP contribution in [0.15, 0.2) is 54.6 Å². The van der Waals surface area contributed by atoms with E-state index in [2.05, 4.69) is 43.3 Å². The Balaban J connectivity index is 1.85. The Hall–Kier alpha value is -1.64. The number of hydrogen-bond acceptors (Lipinski definition) is 2. The van der Waals surface area contributed by atoms with Gasteiger partial charge < -0.3 is 10.5 Å². The minimum atomic E-state index is -0.379. The highest BCUT2D eigenvalue weighted by atomic mass is 16.5. The standard InChI is InChI=1S/C18H21NO/c1-18(19,15-8-3-2-4-9-15)13-17-16-10-6-5-7-14(16)11-12-20-17/h2-10,17H,11-13,19H2,1H3. The zero-order chi connectivity index (χ0) is 14.0. The summed E-state index contributed by atoms with van der Waals surface area (Å²) in [5, 5.41) is 0. The molecule has 20 heavy (non-hydrogen) atoms. The first-order chi connectivity index (χ1) is 9.67. The van der Waals surface area contributed by atoms with Crippen LogP contribution in [-0.4, -0.2) is 6.61 Å². The smallest absolute Gasteiger partial charge is 0.0848 e. The highest BCUT2D eigenvalue weighted by Crippen LogP contribution is 2.36. The van der Waals surface area contributed by atoms with Crippen LogP contribution in [0.3, 0.4) is 0 Å². The highest BCUT2D eigenvalue weighted by molar-refractivity contribution is 5.32. The van der Waals surface area contributed by atoms with Crippen LogP contribution in [0.5, 0.6) is 0 Å². The maximum absolute atomic E-state index is 6.55. The third-order valence-electron chi connectivity index (χ3n) is 4.14. The number of fused-ring (bicyclic) bond motifs is 1. The van der Waals surface area contributed by atoms with Gasteiger partial charge in [0.05, 0.1) is 12.7 Å². The third-order valence-corrected chi connectivity index (χ3v) is 4.14. The van der Waals surface area contributed by atoms with Crippen molar-refractivity contribution in [3.63, 3.8) is 0 Å². The molecule has 2 nitrogen and oxygen atoms in total. The van der Waals surface area contributed by atoms with Crippen molar-refractivity contribution >= 4 is 0 Å². The van der Waals surface area contributed by atoms with Gasteiger partial charge in [0.2, 0.25) is 0 Å². The first-order valence-corrected chi connectivity index (χ1v) is 7.21. The molecule has 0 amide bonds. The molecule has 0 saturated heterocycles. The van der Waals surface area contributed by atoms with Gasteiger partial charge in [-0.2, -0.15) is 0 Å². The highest BCUT2D eigenvalue weighted by Gasteiger charge is 2.29. The Labute approximate surface area is 120 Å². The van der Waals surface area contributed by atoms with Crippen molar-refractivity contribution in [1.82, 2.24) is 0 Å². The minimum absolute atomic E-state index is 0.0927. The second-order valence-electron chi connectivity index (χ2n) is 5.80. The fraction of sp³-hybridized carbons (Fsp3) is 0.333. The molecule has 3 rings (SSSR count). The van der Waals surface area contributed by atoms with Gasteiger partial charge in [0, 0.05) is 5.54 Å². The van der Waals surface area contributed by atoms with Crippen molar-refractivity contribution in [2.45, 2.75) is 31.4 Å². The third kappa shape index (κ3) is 2.62. The average Bonchev–Trinajstić information content (AvgIpc) is 2.48. The Morgan fingerprint density at radius 3 is 2.60 bits per heavy atom. The van der Waals surface area contributed by atoms with Crippen LogP contribution < -0.4 is 5.73 Å². The summed E-state index contributed by atoms with van der Waals surface area (Å²) in [4.78, 5) is 0. The molecule has 104 valence electrons. The van der Waals surface area contributed by atoms with Gasteiger partial charge in [0.25, 0.3) is 0 Å². The summed E-state index contributed by atoms with van der Waals surface area (Å²) in [6.07, 6.45) is 1.89. The van der Waals surface area contributed by atoms with Gasteiger partial charge in [0.1, 0.15) is 0 Å². The molecule has 0 aliphatic carbocycles. The van der Waals surface area contributed by atoms with Crippen molar-refractivity contribution in [2.75, 3.05) is 6.61 Å². The maximum atomic E-state index is 6.55. The van der Waals surface area contributed by atoms with E-state index in [9.17, 15) is 0 Å². The zero-order valence-corrected chi connectivity index (χ0v) is 11.9. The van der Waals surface area contributed by atoms with Gasteiger partial charge in [0.15, 0.2) is 0 Å². The summed E-state index contributed by atoms with van der Waals surface area (Å²) in [7, 11) is 0. The van der Waals surface area contributed by atoms with Gasteiger partial charge in [-0.1, -0.05) is 54.6 Å². The molecule has 1 aliphatic rings. The van der Waals surface area contributed by atoms with Crippen LogP contribution in [0.4, 0.5) is 0 Å². The summed E-state index contributed by atoms with van der Waals surface area (Å²) < 4.78 is 5.98. The lowest BCUT2D eigenvalue weighted by molar-refractivity contribution is 0.0222. The zero-order valence-electron chi connectivity index (χ0n) is 11.9. The van der Waals surface area contributed by atoms with E-state index >= 15 is 0 Å². The van der Waals surface area contributed by atoms with Crippen molar-refractivity contribution in [1.29, 1.82) is 0 Å². The van der Waals surface area contributed by atoms with Crippen molar-refractivity contribution in [3.05, 3.63) is 71.3 Å². The van der Waals surface area contributed by atoms with E-state index in [0.717, 1.165) is 25.0 Å². The Kier molecular flexibility index (Phi) is 3.60. The topological polar surface area (TPSA) is 35.2 Å². The van der Waals surface area contributed by atoms with Crippen LogP contribution in [0.1, 0.15) is 36.1 Å². The number of rotatable bonds is 3. The van der Waals surface area contributed by atoms with Crippen LogP contribution in [0, 0.1) is 0 Å². The molecule has 0 aromatic heterocycles. The van der Waals surface area contributed by atoms with E-state index in [1.165, 1.54) is 11.1 Å². The lowest BCUT2D eigenvalue weighted by Crippen LogP contribution is -2.36. The van der Waals surface area contributed by atoms with Crippen molar-refractivity contribution < 1.29 is 4.74 Å². The predicted molar refractivity (Wildman–Crippen MR) is 81.4 cm³/mol. The first kappa shape index (κ1) is 13.3. The lowest BCUT2D eigenvalue weighted by Gasteiger charge is -2.33. The van der Waals surface area contributed by atoms with Gasteiger partial charge in [-0.15, -0.1) is 0 Å². The van der Waals surface area contributed by atoms with Crippen molar-refractivity contribution in [2.24, 2.45) is 5.73 Å². The Morgan fingerprint density at radius 1 is 1.10 bits per heavy atom. The van der Waals surface area contributed by atoms with Crippen LogP contribution in [-0.2, 0) is 16.7 Å². The number of hydrogen-bond donors (Lipinski definition) is 1. The largest absolute Gasteiger partial charge is 0.373 e. The summed E-state index contributed by atoms with van der Waals surface area (Å²) in [6, 6.07) is 18.8. The van der Waals surface area contributed by atoms with Crippen LogP contribution >= 0.6 is 0 Å². The fourth-order valence-electron chi connectivity index (χ4n) is 2.97. The summed E-state index contributed by atoms with van der Waals surface area (Å²) >= 11 is 0. The molecule has 2 aromatic carbocycles. The predicted octanol–water partition coefficient (Wildman–Crippen LogP) is 3.56. The summed E-state index contributed by atoms with van der Waals surface area (Å²) in [5.74, 6) is 0. The van der Waals surface area contributed by atoms with E-state index in [1.807, 2.05) is 18.2 Å². The second-order valence-corrected chi connectivity index (χ2v) is 5.80. The molecule has 2 aromatic rings. The minimum Gasteiger partial charge on any atom is -0.373 e. The average molecular weight is 267 g/mol. The molecule has 1 heterocycles. The normalized spacial score (nSPS) is 21.0. The number of ether oxygens (including phenoxy) is 1. The molecule has 2 unspecified atom stereocenters. The lowest BCUT2D eigenvalue weighted by atomic mass is 9.83. The Bertz CT molecular complexity index is 577. The van der Waals surface area contributed by atoms with E-state index in [4.69, 9.17) is 10.5 Å². The molecule has 0 bridgehead atoms. The van der Waals surface area contributed by atoms with E-state index in [1.54, 1.807) is 0 Å². The molecule has 0 radical (unpaired) electrons. The van der Waals surface area contributed by atoms with Gasteiger partial charge in [-0.25, -0.2) is 0 Å². The number of nitrogens with two attached hydrogens (primary N) is 1. The number of benzene rings is 2. The van der Waals surface area contributed by atoms with E-state index < -0.39 is 0 Å². The molecular weight excluding hydrogens is 246 g/mol. The molecule has 1 aliphatic heterocycles. The second kappa shape index (κ2) is 5.39.